The van der Waals surface area contributed by atoms with E-state index in [4.69, 9.17) is 4.74 Å². The number of barbiturate groups is 1. The smallest absolute Gasteiger partial charge is 0.335 e. The van der Waals surface area contributed by atoms with E-state index in [0.717, 1.165) is 22.7 Å². The fourth-order valence-corrected chi connectivity index (χ4v) is 2.71. The summed E-state index contributed by atoms with van der Waals surface area (Å²) in [5.41, 5.74) is 1.08. The van der Waals surface area contributed by atoms with Crippen LogP contribution >= 0.6 is 0 Å². The largest absolute Gasteiger partial charge is 0.494 e. The molecule has 0 unspecified atom stereocenters. The Balaban J connectivity index is 1.93. The molecule has 2 aromatic rings. The van der Waals surface area contributed by atoms with Gasteiger partial charge in [0.2, 0.25) is 5.91 Å². The molecule has 1 heterocycles. The predicted molar refractivity (Wildman–Crippen MR) is 103 cm³/mol. The number of non-ortho nitro benzene ring substituents is 1. The molecule has 1 fully saturated rings. The number of hydrogen-bond acceptors (Lipinski definition) is 7. The molecular formula is C19H16N4O6. The lowest BCUT2D eigenvalue weighted by atomic mass is 10.1. The van der Waals surface area contributed by atoms with Crippen molar-refractivity contribution >= 4 is 41.1 Å². The summed E-state index contributed by atoms with van der Waals surface area (Å²) in [5, 5.41) is 13.1. The van der Waals surface area contributed by atoms with Crippen LogP contribution in [0.2, 0.25) is 0 Å². The fourth-order valence-electron chi connectivity index (χ4n) is 2.71. The van der Waals surface area contributed by atoms with E-state index in [2.05, 4.69) is 10.3 Å². The zero-order valence-corrected chi connectivity index (χ0v) is 15.5. The van der Waals surface area contributed by atoms with Gasteiger partial charge >= 0.3 is 6.03 Å². The fraction of sp³-hybridized carbons (Fsp3) is 0.158. The van der Waals surface area contributed by atoms with Crippen LogP contribution in [0.5, 0.6) is 5.75 Å². The zero-order valence-electron chi connectivity index (χ0n) is 15.5. The van der Waals surface area contributed by atoms with E-state index in [9.17, 15) is 24.5 Å². The lowest BCUT2D eigenvalue weighted by molar-refractivity contribution is -0.384. The number of aryl methyl sites for hydroxylation is 1. The number of imide groups is 2. The van der Waals surface area contributed by atoms with Crippen molar-refractivity contribution in [2.75, 3.05) is 12.0 Å². The minimum Gasteiger partial charge on any atom is -0.494 e. The molecule has 1 saturated heterocycles. The molecule has 0 spiro atoms. The van der Waals surface area contributed by atoms with Gasteiger partial charge in [-0.3, -0.25) is 30.0 Å². The quantitative estimate of drug-likeness (QED) is 0.357. The van der Waals surface area contributed by atoms with Crippen molar-refractivity contribution in [2.24, 2.45) is 10.9 Å². The van der Waals surface area contributed by atoms with Gasteiger partial charge in [-0.2, -0.15) is 0 Å². The third-order valence-electron chi connectivity index (χ3n) is 4.23. The standard InChI is InChI=1S/C19H16N4O6/c1-11-3-5-12(6-4-11)22-18(25)14(17(24)21-19(22)26)10-20-15-9-13(23(27)28)7-8-16(15)29-2/h3-10,14H,1-2H3,(H,21,24,26)/t14-/m0/s1. The lowest BCUT2D eigenvalue weighted by Gasteiger charge is -2.28. The molecule has 0 radical (unpaired) electrons. The molecular weight excluding hydrogens is 380 g/mol. The van der Waals surface area contributed by atoms with E-state index in [1.807, 2.05) is 6.92 Å². The SMILES string of the molecule is COc1ccc([N+](=O)[O-])cc1N=C[C@H]1C(=O)NC(=O)N(c2ccc(C)cc2)C1=O. The Hall–Kier alpha value is -4.08. The van der Waals surface area contributed by atoms with Gasteiger partial charge < -0.3 is 4.74 Å². The lowest BCUT2D eigenvalue weighted by Crippen LogP contribution is -2.58. The normalized spacial score (nSPS) is 16.8. The average Bonchev–Trinajstić information content (AvgIpc) is 2.68. The van der Waals surface area contributed by atoms with Crippen LogP contribution in [0, 0.1) is 23.0 Å². The number of carbonyl (C=O) groups excluding carboxylic acids is 3. The predicted octanol–water partition coefficient (Wildman–Crippen LogP) is 2.51. The minimum atomic E-state index is -1.39. The highest BCUT2D eigenvalue weighted by Crippen LogP contribution is 2.31. The van der Waals surface area contributed by atoms with Gasteiger partial charge in [0, 0.05) is 18.3 Å². The monoisotopic (exact) mass is 396 g/mol. The maximum Gasteiger partial charge on any atom is 0.335 e. The first-order chi connectivity index (χ1) is 13.8. The van der Waals surface area contributed by atoms with E-state index in [1.165, 1.54) is 19.2 Å². The summed E-state index contributed by atoms with van der Waals surface area (Å²) >= 11 is 0. The number of nitrogens with one attached hydrogen (secondary N) is 1. The van der Waals surface area contributed by atoms with Gasteiger partial charge in [0.1, 0.15) is 11.4 Å². The topological polar surface area (TPSA) is 131 Å². The molecule has 1 aliphatic heterocycles. The molecule has 10 nitrogen and oxygen atoms in total. The number of anilines is 1. The number of amides is 4. The van der Waals surface area contributed by atoms with Crippen molar-refractivity contribution in [1.29, 1.82) is 0 Å². The third-order valence-corrected chi connectivity index (χ3v) is 4.23. The Morgan fingerprint density at radius 3 is 2.48 bits per heavy atom. The van der Waals surface area contributed by atoms with Crippen LogP contribution in [0.3, 0.4) is 0 Å². The van der Waals surface area contributed by atoms with Crippen molar-refractivity contribution in [1.82, 2.24) is 5.32 Å². The summed E-state index contributed by atoms with van der Waals surface area (Å²) in [6.45, 7) is 1.85. The molecule has 1 N–H and O–H groups in total. The Morgan fingerprint density at radius 1 is 1.17 bits per heavy atom. The molecule has 29 heavy (non-hydrogen) atoms. The average molecular weight is 396 g/mol. The highest BCUT2D eigenvalue weighted by Gasteiger charge is 2.40. The van der Waals surface area contributed by atoms with Crippen molar-refractivity contribution in [2.45, 2.75) is 6.92 Å². The maximum absolute atomic E-state index is 12.8. The molecule has 148 valence electrons. The van der Waals surface area contributed by atoms with Crippen LogP contribution < -0.4 is 15.0 Å². The molecule has 4 amide bonds. The van der Waals surface area contributed by atoms with E-state index in [-0.39, 0.29) is 17.1 Å². The van der Waals surface area contributed by atoms with Gasteiger partial charge in [-0.05, 0) is 25.1 Å². The number of nitro groups is 1. The summed E-state index contributed by atoms with van der Waals surface area (Å²) in [7, 11) is 1.36. The summed E-state index contributed by atoms with van der Waals surface area (Å²) in [4.78, 5) is 52.4. The Kier molecular flexibility index (Phi) is 5.35. The second kappa shape index (κ2) is 7.89. The number of benzene rings is 2. The highest BCUT2D eigenvalue weighted by molar-refractivity contribution is 6.32. The number of aliphatic imine (C=N–C) groups is 1. The number of carbonyl (C=O) groups is 3. The summed E-state index contributed by atoms with van der Waals surface area (Å²) in [6, 6.07) is 9.52. The van der Waals surface area contributed by atoms with Crippen LogP contribution in [0.15, 0.2) is 47.5 Å². The van der Waals surface area contributed by atoms with Gasteiger partial charge in [-0.1, -0.05) is 17.7 Å². The summed E-state index contributed by atoms with van der Waals surface area (Å²) in [5.74, 6) is -2.78. The van der Waals surface area contributed by atoms with E-state index in [0.29, 0.717) is 5.69 Å². The molecule has 0 bridgehead atoms. The minimum absolute atomic E-state index is 0.0704. The Labute approximate surface area is 164 Å². The van der Waals surface area contributed by atoms with Crippen LogP contribution in [0.25, 0.3) is 0 Å². The second-order valence-electron chi connectivity index (χ2n) is 6.17. The van der Waals surface area contributed by atoms with E-state index >= 15 is 0 Å². The molecule has 10 heteroatoms. The molecule has 0 aliphatic carbocycles. The van der Waals surface area contributed by atoms with E-state index in [1.54, 1.807) is 24.3 Å². The summed E-state index contributed by atoms with van der Waals surface area (Å²) in [6.07, 6.45) is 1.03. The number of ether oxygens (including phenoxy) is 1. The van der Waals surface area contributed by atoms with Crippen LogP contribution in [-0.2, 0) is 9.59 Å². The number of rotatable bonds is 5. The van der Waals surface area contributed by atoms with E-state index < -0.39 is 28.7 Å². The molecule has 0 aromatic heterocycles. The van der Waals surface area contributed by atoms with Gasteiger partial charge in [-0.15, -0.1) is 0 Å². The molecule has 1 atom stereocenters. The number of hydrogen-bond donors (Lipinski definition) is 1. The van der Waals surface area contributed by atoms with Crippen LogP contribution in [0.1, 0.15) is 5.56 Å². The van der Waals surface area contributed by atoms with Gasteiger partial charge in [0.05, 0.1) is 17.7 Å². The first-order valence-electron chi connectivity index (χ1n) is 8.44. The van der Waals surface area contributed by atoms with Gasteiger partial charge in [0.15, 0.2) is 5.92 Å². The van der Waals surface area contributed by atoms with Gasteiger partial charge in [0.25, 0.3) is 11.6 Å². The zero-order chi connectivity index (χ0) is 21.1. The Bertz CT molecular complexity index is 1030. The molecule has 3 rings (SSSR count). The number of urea groups is 1. The number of nitro benzene ring substituents is 1. The van der Waals surface area contributed by atoms with Crippen molar-refractivity contribution in [3.05, 3.63) is 58.1 Å². The van der Waals surface area contributed by atoms with Crippen LogP contribution in [-0.4, -0.2) is 36.1 Å². The number of methoxy groups -OCH3 is 1. The van der Waals surface area contributed by atoms with Gasteiger partial charge in [-0.25, -0.2) is 9.69 Å². The van der Waals surface area contributed by atoms with Crippen molar-refractivity contribution in [3.63, 3.8) is 0 Å². The number of nitrogens with zero attached hydrogens (tertiary/aromatic N) is 3. The maximum atomic E-state index is 12.8. The Morgan fingerprint density at radius 2 is 1.86 bits per heavy atom. The highest BCUT2D eigenvalue weighted by atomic mass is 16.6. The van der Waals surface area contributed by atoms with Crippen molar-refractivity contribution in [3.8, 4) is 5.75 Å². The molecule has 1 aliphatic rings. The second-order valence-corrected chi connectivity index (χ2v) is 6.17. The third kappa shape index (κ3) is 3.95. The van der Waals surface area contributed by atoms with Crippen LogP contribution in [0.4, 0.5) is 21.9 Å². The first-order valence-corrected chi connectivity index (χ1v) is 8.44. The molecule has 0 saturated carbocycles. The van der Waals surface area contributed by atoms with Crippen molar-refractivity contribution < 1.29 is 24.0 Å². The molecule has 2 aromatic carbocycles. The first kappa shape index (κ1) is 19.7. The summed E-state index contributed by atoms with van der Waals surface area (Å²) < 4.78 is 5.11.